The molecule has 1 aliphatic rings. The fourth-order valence-electron chi connectivity index (χ4n) is 1.50. The SMILES string of the molecule is NC(=NO)c1ccccc1OC1CCC1. The predicted molar refractivity (Wildman–Crippen MR) is 57.2 cm³/mol. The first-order valence-corrected chi connectivity index (χ1v) is 5.05. The molecule has 0 heterocycles. The zero-order chi connectivity index (χ0) is 10.7. The summed E-state index contributed by atoms with van der Waals surface area (Å²) in [5.74, 6) is 0.780. The molecule has 4 nitrogen and oxygen atoms in total. The van der Waals surface area contributed by atoms with Crippen molar-refractivity contribution < 1.29 is 9.94 Å². The third-order valence-electron chi connectivity index (χ3n) is 2.62. The largest absolute Gasteiger partial charge is 0.490 e. The van der Waals surface area contributed by atoms with Gasteiger partial charge in [0.05, 0.1) is 11.7 Å². The summed E-state index contributed by atoms with van der Waals surface area (Å²) >= 11 is 0. The van der Waals surface area contributed by atoms with Crippen LogP contribution in [0.1, 0.15) is 24.8 Å². The molecule has 0 amide bonds. The zero-order valence-electron chi connectivity index (χ0n) is 8.39. The van der Waals surface area contributed by atoms with E-state index in [-0.39, 0.29) is 11.9 Å². The molecule has 0 atom stereocenters. The molecule has 0 bridgehead atoms. The smallest absolute Gasteiger partial charge is 0.173 e. The van der Waals surface area contributed by atoms with Crippen LogP contribution in [0, 0.1) is 0 Å². The highest BCUT2D eigenvalue weighted by Crippen LogP contribution is 2.27. The molecule has 0 unspecified atom stereocenters. The number of rotatable bonds is 3. The predicted octanol–water partition coefficient (Wildman–Crippen LogP) is 1.71. The van der Waals surface area contributed by atoms with E-state index in [2.05, 4.69) is 5.16 Å². The summed E-state index contributed by atoms with van der Waals surface area (Å²) in [4.78, 5) is 0. The lowest BCUT2D eigenvalue weighted by atomic mass is 9.96. The Bertz CT molecular complexity index is 373. The van der Waals surface area contributed by atoms with Gasteiger partial charge in [0.25, 0.3) is 0 Å². The highest BCUT2D eigenvalue weighted by atomic mass is 16.5. The number of hydrogen-bond donors (Lipinski definition) is 2. The first-order chi connectivity index (χ1) is 7.31. The van der Waals surface area contributed by atoms with Gasteiger partial charge >= 0.3 is 0 Å². The number of para-hydroxylation sites is 1. The first kappa shape index (κ1) is 9.83. The van der Waals surface area contributed by atoms with Crippen LogP contribution >= 0.6 is 0 Å². The van der Waals surface area contributed by atoms with E-state index < -0.39 is 0 Å². The second kappa shape index (κ2) is 4.21. The Kier molecular flexibility index (Phi) is 2.76. The van der Waals surface area contributed by atoms with Crippen LogP contribution in [0.5, 0.6) is 5.75 Å². The summed E-state index contributed by atoms with van der Waals surface area (Å²) in [5.41, 5.74) is 6.20. The average molecular weight is 206 g/mol. The molecule has 4 heteroatoms. The molecule has 15 heavy (non-hydrogen) atoms. The molecule has 0 saturated heterocycles. The van der Waals surface area contributed by atoms with Gasteiger partial charge in [-0.1, -0.05) is 17.3 Å². The van der Waals surface area contributed by atoms with E-state index in [0.717, 1.165) is 12.8 Å². The van der Waals surface area contributed by atoms with Crippen molar-refractivity contribution in [2.45, 2.75) is 25.4 Å². The summed E-state index contributed by atoms with van der Waals surface area (Å²) < 4.78 is 5.73. The maximum absolute atomic E-state index is 8.63. The van der Waals surface area contributed by atoms with Crippen LogP contribution in [0.25, 0.3) is 0 Å². The monoisotopic (exact) mass is 206 g/mol. The van der Waals surface area contributed by atoms with Gasteiger partial charge < -0.3 is 15.7 Å². The Morgan fingerprint density at radius 2 is 2.13 bits per heavy atom. The lowest BCUT2D eigenvalue weighted by Crippen LogP contribution is -2.26. The maximum atomic E-state index is 8.63. The van der Waals surface area contributed by atoms with Crippen molar-refractivity contribution in [2.24, 2.45) is 10.9 Å². The average Bonchev–Trinajstić information content (AvgIpc) is 2.23. The number of nitrogens with two attached hydrogens (primary N) is 1. The van der Waals surface area contributed by atoms with Crippen LogP contribution in [-0.2, 0) is 0 Å². The number of hydrogen-bond acceptors (Lipinski definition) is 3. The van der Waals surface area contributed by atoms with E-state index in [1.54, 1.807) is 6.07 Å². The third-order valence-corrected chi connectivity index (χ3v) is 2.62. The molecular weight excluding hydrogens is 192 g/mol. The maximum Gasteiger partial charge on any atom is 0.173 e. The van der Waals surface area contributed by atoms with E-state index in [1.165, 1.54) is 6.42 Å². The second-order valence-corrected chi connectivity index (χ2v) is 3.65. The van der Waals surface area contributed by atoms with E-state index in [4.69, 9.17) is 15.7 Å². The lowest BCUT2D eigenvalue weighted by molar-refractivity contribution is 0.120. The first-order valence-electron chi connectivity index (χ1n) is 5.05. The highest BCUT2D eigenvalue weighted by Gasteiger charge is 2.20. The fraction of sp³-hybridized carbons (Fsp3) is 0.364. The van der Waals surface area contributed by atoms with E-state index in [9.17, 15) is 0 Å². The third kappa shape index (κ3) is 2.03. The minimum absolute atomic E-state index is 0.0879. The van der Waals surface area contributed by atoms with E-state index in [1.807, 2.05) is 18.2 Å². The van der Waals surface area contributed by atoms with Gasteiger partial charge in [-0.2, -0.15) is 0 Å². The van der Waals surface area contributed by atoms with E-state index >= 15 is 0 Å². The van der Waals surface area contributed by atoms with Crippen molar-refractivity contribution in [3.63, 3.8) is 0 Å². The van der Waals surface area contributed by atoms with Gasteiger partial charge in [0.1, 0.15) is 5.75 Å². The molecule has 1 aliphatic carbocycles. The molecule has 1 aromatic carbocycles. The molecule has 3 N–H and O–H groups in total. The number of nitrogens with zero attached hydrogens (tertiary/aromatic N) is 1. The zero-order valence-corrected chi connectivity index (χ0v) is 8.39. The summed E-state index contributed by atoms with van der Waals surface area (Å²) in [5, 5.41) is 11.6. The molecule has 0 aromatic heterocycles. The number of benzene rings is 1. The van der Waals surface area contributed by atoms with Crippen LogP contribution in [0.15, 0.2) is 29.4 Å². The molecule has 1 aromatic rings. The molecule has 80 valence electrons. The molecule has 1 saturated carbocycles. The van der Waals surface area contributed by atoms with Gasteiger partial charge in [-0.25, -0.2) is 0 Å². The van der Waals surface area contributed by atoms with Crippen LogP contribution in [0.3, 0.4) is 0 Å². The molecular formula is C11H14N2O2. The lowest BCUT2D eigenvalue weighted by Gasteiger charge is -2.27. The van der Waals surface area contributed by atoms with Crippen molar-refractivity contribution in [1.82, 2.24) is 0 Å². The van der Waals surface area contributed by atoms with Crippen molar-refractivity contribution in [2.75, 3.05) is 0 Å². The number of amidine groups is 1. The molecule has 0 spiro atoms. The van der Waals surface area contributed by atoms with Gasteiger partial charge in [0.15, 0.2) is 5.84 Å². The van der Waals surface area contributed by atoms with Gasteiger partial charge in [-0.15, -0.1) is 0 Å². The Hall–Kier alpha value is -1.71. The number of oxime groups is 1. The molecule has 0 aliphatic heterocycles. The van der Waals surface area contributed by atoms with Gasteiger partial charge in [0, 0.05) is 0 Å². The summed E-state index contributed by atoms with van der Waals surface area (Å²) in [6.07, 6.45) is 3.68. The van der Waals surface area contributed by atoms with Gasteiger partial charge in [-0.3, -0.25) is 0 Å². The van der Waals surface area contributed by atoms with Crippen LogP contribution in [0.4, 0.5) is 0 Å². The Morgan fingerprint density at radius 1 is 1.40 bits per heavy atom. The summed E-state index contributed by atoms with van der Waals surface area (Å²) in [6, 6.07) is 7.33. The minimum atomic E-state index is 0.0879. The fourth-order valence-corrected chi connectivity index (χ4v) is 1.50. The molecule has 0 radical (unpaired) electrons. The molecule has 2 rings (SSSR count). The van der Waals surface area contributed by atoms with Crippen molar-refractivity contribution in [3.8, 4) is 5.75 Å². The quantitative estimate of drug-likeness (QED) is 0.342. The highest BCUT2D eigenvalue weighted by molar-refractivity contribution is 5.99. The molecule has 1 fully saturated rings. The van der Waals surface area contributed by atoms with Gasteiger partial charge in [-0.05, 0) is 31.4 Å². The van der Waals surface area contributed by atoms with Crippen molar-refractivity contribution >= 4 is 5.84 Å². The Balaban J connectivity index is 2.20. The topological polar surface area (TPSA) is 67.8 Å². The Morgan fingerprint density at radius 3 is 2.73 bits per heavy atom. The van der Waals surface area contributed by atoms with Crippen LogP contribution in [0.2, 0.25) is 0 Å². The Labute approximate surface area is 88.3 Å². The van der Waals surface area contributed by atoms with Gasteiger partial charge in [0.2, 0.25) is 0 Å². The van der Waals surface area contributed by atoms with Crippen molar-refractivity contribution in [1.29, 1.82) is 0 Å². The van der Waals surface area contributed by atoms with Crippen molar-refractivity contribution in [3.05, 3.63) is 29.8 Å². The summed E-state index contributed by atoms with van der Waals surface area (Å²) in [6.45, 7) is 0. The van der Waals surface area contributed by atoms with E-state index in [0.29, 0.717) is 11.3 Å². The number of ether oxygens (including phenoxy) is 1. The van der Waals surface area contributed by atoms with Crippen LogP contribution < -0.4 is 10.5 Å². The van der Waals surface area contributed by atoms with Crippen LogP contribution in [-0.4, -0.2) is 17.1 Å². The summed E-state index contributed by atoms with van der Waals surface area (Å²) in [7, 11) is 0. The second-order valence-electron chi connectivity index (χ2n) is 3.65. The standard InChI is InChI=1S/C11H14N2O2/c12-11(13-14)9-6-1-2-7-10(9)15-8-4-3-5-8/h1-2,6-8,14H,3-5H2,(H2,12,13). The normalized spacial score (nSPS) is 17.2. The minimum Gasteiger partial charge on any atom is -0.490 e.